The molecule has 0 radical (unpaired) electrons. The van der Waals surface area contributed by atoms with Crippen LogP contribution in [0, 0.1) is 0 Å². The molecular formula is C26H29N3O6. The Bertz CT molecular complexity index is 1240. The molecule has 1 aromatic heterocycles. The number of aromatic hydroxyl groups is 1. The van der Waals surface area contributed by atoms with E-state index in [1.165, 1.54) is 23.7 Å². The maximum atomic E-state index is 13.3. The fourth-order valence-electron chi connectivity index (χ4n) is 4.10. The Kier molecular flexibility index (Phi) is 7.07. The van der Waals surface area contributed by atoms with Gasteiger partial charge in [0, 0.05) is 19.0 Å². The molecule has 9 nitrogen and oxygen atoms in total. The number of carbonyl (C=O) groups is 1. The van der Waals surface area contributed by atoms with Crippen LogP contribution < -0.4 is 15.0 Å². The molecule has 1 N–H and O–H groups in total. The summed E-state index contributed by atoms with van der Waals surface area (Å²) < 4.78 is 18.0. The molecule has 0 bridgehead atoms. The molecule has 0 saturated carbocycles. The standard InChI is InChI=1S/C26H29N3O6/c1-16(2)35-15-21-27-24(30)22(25(31)28-13-18(14-28)17-9-6-5-7-10-17)26(32)29(21)23-19(33-3)11-8-12-20(23)34-4/h5-12,16,18,32H,13-15H2,1-4H3. The van der Waals surface area contributed by atoms with Crippen LogP contribution in [-0.2, 0) is 11.3 Å². The summed E-state index contributed by atoms with van der Waals surface area (Å²) >= 11 is 0. The van der Waals surface area contributed by atoms with Gasteiger partial charge >= 0.3 is 0 Å². The Balaban J connectivity index is 1.78. The second kappa shape index (κ2) is 10.2. The fraction of sp³-hybridized carbons (Fsp3) is 0.346. The van der Waals surface area contributed by atoms with E-state index >= 15 is 0 Å². The molecule has 2 heterocycles. The molecule has 0 spiro atoms. The third kappa shape index (κ3) is 4.72. The second-order valence-corrected chi connectivity index (χ2v) is 8.56. The van der Waals surface area contributed by atoms with E-state index in [1.807, 2.05) is 44.2 Å². The first kappa shape index (κ1) is 24.3. The van der Waals surface area contributed by atoms with Gasteiger partial charge in [0.2, 0.25) is 5.88 Å². The number of hydrogen-bond donors (Lipinski definition) is 1. The van der Waals surface area contributed by atoms with E-state index in [0.717, 1.165) is 5.56 Å². The van der Waals surface area contributed by atoms with Gasteiger partial charge in [-0.2, -0.15) is 4.98 Å². The average Bonchev–Trinajstić information content (AvgIpc) is 2.82. The van der Waals surface area contributed by atoms with Crippen molar-refractivity contribution in [1.29, 1.82) is 0 Å². The Morgan fingerprint density at radius 2 is 1.69 bits per heavy atom. The van der Waals surface area contributed by atoms with Crippen LogP contribution in [0.25, 0.3) is 5.69 Å². The van der Waals surface area contributed by atoms with Crippen molar-refractivity contribution in [3.63, 3.8) is 0 Å². The smallest absolute Gasteiger partial charge is 0.289 e. The zero-order chi connectivity index (χ0) is 25.1. The maximum absolute atomic E-state index is 13.3. The predicted molar refractivity (Wildman–Crippen MR) is 130 cm³/mol. The molecule has 1 aliphatic heterocycles. The third-order valence-electron chi connectivity index (χ3n) is 5.96. The first-order valence-electron chi connectivity index (χ1n) is 11.4. The van der Waals surface area contributed by atoms with Crippen LogP contribution in [0.4, 0.5) is 0 Å². The lowest BCUT2D eigenvalue weighted by atomic mass is 9.91. The summed E-state index contributed by atoms with van der Waals surface area (Å²) in [5.41, 5.74) is 0.210. The molecule has 0 aliphatic carbocycles. The minimum Gasteiger partial charge on any atom is -0.494 e. The number of aromatic nitrogens is 2. The molecule has 1 fully saturated rings. The van der Waals surface area contributed by atoms with E-state index < -0.39 is 22.9 Å². The highest BCUT2D eigenvalue weighted by molar-refractivity contribution is 5.97. The van der Waals surface area contributed by atoms with Gasteiger partial charge in [-0.05, 0) is 31.5 Å². The maximum Gasteiger partial charge on any atom is 0.289 e. The second-order valence-electron chi connectivity index (χ2n) is 8.56. The number of benzene rings is 2. The zero-order valence-electron chi connectivity index (χ0n) is 20.2. The van der Waals surface area contributed by atoms with Crippen LogP contribution in [0.5, 0.6) is 17.4 Å². The fourth-order valence-corrected chi connectivity index (χ4v) is 4.10. The summed E-state index contributed by atoms with van der Waals surface area (Å²) in [6.07, 6.45) is -0.153. The van der Waals surface area contributed by atoms with E-state index in [9.17, 15) is 14.7 Å². The lowest BCUT2D eigenvalue weighted by molar-refractivity contribution is 0.0568. The zero-order valence-corrected chi connectivity index (χ0v) is 20.2. The largest absolute Gasteiger partial charge is 0.494 e. The number of nitrogens with zero attached hydrogens (tertiary/aromatic N) is 3. The van der Waals surface area contributed by atoms with E-state index in [-0.39, 0.29) is 24.5 Å². The van der Waals surface area contributed by atoms with Crippen LogP contribution in [0.2, 0.25) is 0 Å². The SMILES string of the molecule is COc1cccc(OC)c1-n1c(COC(C)C)nc(=O)c(C(=O)N2CC(c3ccccc3)C2)c1O. The monoisotopic (exact) mass is 479 g/mol. The van der Waals surface area contributed by atoms with Crippen LogP contribution in [0.1, 0.15) is 41.5 Å². The van der Waals surface area contributed by atoms with Gasteiger partial charge in [-0.15, -0.1) is 0 Å². The number of likely N-dealkylation sites (tertiary alicyclic amines) is 1. The quantitative estimate of drug-likeness (QED) is 0.529. The van der Waals surface area contributed by atoms with Crippen LogP contribution in [-0.4, -0.2) is 58.9 Å². The topological polar surface area (TPSA) is 103 Å². The van der Waals surface area contributed by atoms with Crippen LogP contribution >= 0.6 is 0 Å². The van der Waals surface area contributed by atoms with Crippen LogP contribution in [0.15, 0.2) is 53.3 Å². The highest BCUT2D eigenvalue weighted by Crippen LogP contribution is 2.37. The summed E-state index contributed by atoms with van der Waals surface area (Å²) in [5.74, 6) is -0.101. The van der Waals surface area contributed by atoms with Crippen LogP contribution in [0.3, 0.4) is 0 Å². The van der Waals surface area contributed by atoms with E-state index in [1.54, 1.807) is 18.2 Å². The molecule has 3 aromatic rings. The first-order chi connectivity index (χ1) is 16.8. The Morgan fingerprint density at radius 3 is 2.26 bits per heavy atom. The number of rotatable bonds is 8. The van der Waals surface area contributed by atoms with E-state index in [2.05, 4.69) is 4.98 Å². The average molecular weight is 480 g/mol. The van der Waals surface area contributed by atoms with Crippen molar-refractivity contribution in [3.05, 3.63) is 75.8 Å². The Morgan fingerprint density at radius 1 is 1.06 bits per heavy atom. The summed E-state index contributed by atoms with van der Waals surface area (Å²) in [6.45, 7) is 4.50. The van der Waals surface area contributed by atoms with Crippen molar-refractivity contribution >= 4 is 5.91 Å². The van der Waals surface area contributed by atoms with Gasteiger partial charge < -0.3 is 24.2 Å². The lowest BCUT2D eigenvalue weighted by Gasteiger charge is -2.39. The molecule has 1 saturated heterocycles. The minimum absolute atomic E-state index is 0.0735. The molecule has 184 valence electrons. The number of methoxy groups -OCH3 is 2. The summed E-state index contributed by atoms with van der Waals surface area (Å²) in [7, 11) is 2.96. The van der Waals surface area contributed by atoms with Crippen molar-refractivity contribution in [1.82, 2.24) is 14.5 Å². The molecule has 0 atom stereocenters. The summed E-state index contributed by atoms with van der Waals surface area (Å²) in [6, 6.07) is 15.0. The lowest BCUT2D eigenvalue weighted by Crippen LogP contribution is -2.50. The molecule has 4 rings (SSSR count). The van der Waals surface area contributed by atoms with Gasteiger partial charge in [0.05, 0.1) is 20.3 Å². The van der Waals surface area contributed by atoms with Gasteiger partial charge in [0.1, 0.15) is 29.6 Å². The van der Waals surface area contributed by atoms with Gasteiger partial charge in [0.25, 0.3) is 11.5 Å². The van der Waals surface area contributed by atoms with Gasteiger partial charge in [-0.1, -0.05) is 36.4 Å². The highest BCUT2D eigenvalue weighted by Gasteiger charge is 2.36. The van der Waals surface area contributed by atoms with Crippen molar-refractivity contribution in [2.24, 2.45) is 0 Å². The van der Waals surface area contributed by atoms with Gasteiger partial charge in [-0.25, -0.2) is 0 Å². The molecule has 1 amide bonds. The van der Waals surface area contributed by atoms with Gasteiger partial charge in [0.15, 0.2) is 5.56 Å². The van der Waals surface area contributed by atoms with E-state index in [4.69, 9.17) is 14.2 Å². The molecule has 1 aliphatic rings. The Hall–Kier alpha value is -3.85. The summed E-state index contributed by atoms with van der Waals surface area (Å²) in [4.78, 5) is 32.0. The third-order valence-corrected chi connectivity index (χ3v) is 5.96. The van der Waals surface area contributed by atoms with Gasteiger partial charge in [-0.3, -0.25) is 14.2 Å². The molecule has 0 unspecified atom stereocenters. The number of amides is 1. The highest BCUT2D eigenvalue weighted by atomic mass is 16.5. The predicted octanol–water partition coefficient (Wildman–Crippen LogP) is 3.12. The van der Waals surface area contributed by atoms with Crippen molar-refractivity contribution in [2.75, 3.05) is 27.3 Å². The summed E-state index contributed by atoms with van der Waals surface area (Å²) in [5, 5.41) is 11.3. The molecule has 2 aromatic carbocycles. The first-order valence-corrected chi connectivity index (χ1v) is 11.4. The normalized spacial score (nSPS) is 13.6. The molecule has 35 heavy (non-hydrogen) atoms. The Labute approximate surface area is 203 Å². The minimum atomic E-state index is -0.817. The molecular weight excluding hydrogens is 450 g/mol. The number of ether oxygens (including phenoxy) is 3. The van der Waals surface area contributed by atoms with Crippen molar-refractivity contribution in [2.45, 2.75) is 32.5 Å². The van der Waals surface area contributed by atoms with Crippen molar-refractivity contribution < 1.29 is 24.1 Å². The number of para-hydroxylation sites is 1. The molecule has 9 heteroatoms. The number of hydrogen-bond acceptors (Lipinski definition) is 7. The number of carbonyl (C=O) groups excluding carboxylic acids is 1. The van der Waals surface area contributed by atoms with Crippen molar-refractivity contribution in [3.8, 4) is 23.1 Å². The van der Waals surface area contributed by atoms with E-state index in [0.29, 0.717) is 30.3 Å².